The Morgan fingerprint density at radius 1 is 0.436 bits per heavy atom. The molecule has 0 bridgehead atoms. The van der Waals surface area contributed by atoms with Gasteiger partial charge in [-0.3, -0.25) is 0 Å². The number of rotatable bonds is 9. The zero-order chi connectivity index (χ0) is 27.2. The van der Waals surface area contributed by atoms with Crippen molar-refractivity contribution in [3.63, 3.8) is 0 Å². The fourth-order valence-corrected chi connectivity index (χ4v) is 44.3. The van der Waals surface area contributed by atoms with Crippen molar-refractivity contribution in [2.24, 2.45) is 0 Å². The van der Waals surface area contributed by atoms with Gasteiger partial charge in [0.15, 0.2) is 0 Å². The quantitative estimate of drug-likeness (QED) is 0.179. The van der Waals surface area contributed by atoms with Gasteiger partial charge in [-0.25, -0.2) is 0 Å². The molecule has 6 rings (SSSR count). The van der Waals surface area contributed by atoms with E-state index in [2.05, 4.69) is 19.9 Å². The van der Waals surface area contributed by atoms with Crippen LogP contribution in [0.25, 0.3) is 0 Å². The van der Waals surface area contributed by atoms with Crippen LogP contribution in [0.2, 0.25) is 0 Å². The molecule has 0 N–H and O–H groups in total. The first-order valence-electron chi connectivity index (χ1n) is 17.9. The molecule has 0 spiro atoms. The molecule has 39 heavy (non-hydrogen) atoms. The molecule has 0 aromatic heterocycles. The maximum atomic E-state index is 9.47. The van der Waals surface area contributed by atoms with Crippen LogP contribution in [0.15, 0.2) is 11.6 Å². The van der Waals surface area contributed by atoms with E-state index in [-0.39, 0.29) is 0 Å². The summed E-state index contributed by atoms with van der Waals surface area (Å²) in [6.07, 6.45) is 37.4. The molecule has 0 aliphatic heterocycles. The zero-order valence-corrected chi connectivity index (χ0v) is 29.0. The van der Waals surface area contributed by atoms with E-state index in [1.807, 2.05) is 0 Å². The summed E-state index contributed by atoms with van der Waals surface area (Å²) in [5, 5.41) is 0.568. The van der Waals surface area contributed by atoms with Crippen molar-refractivity contribution < 1.29 is 0 Å². The second-order valence-electron chi connectivity index (χ2n) is 15.9. The summed E-state index contributed by atoms with van der Waals surface area (Å²) in [5.41, 5.74) is 6.36. The van der Waals surface area contributed by atoms with Crippen LogP contribution < -0.4 is 0 Å². The van der Waals surface area contributed by atoms with E-state index in [0.29, 0.717) is 5.40 Å². The van der Waals surface area contributed by atoms with Crippen molar-refractivity contribution in [2.75, 3.05) is 0 Å². The van der Waals surface area contributed by atoms with Crippen LogP contribution >= 0.6 is 34.4 Å². The second kappa shape index (κ2) is 11.6. The molecule has 226 valence electrons. The minimum atomic E-state index is -2.82. The first-order valence-corrected chi connectivity index (χ1v) is 24.8. The van der Waals surface area contributed by atoms with E-state index in [0.717, 1.165) is 34.0 Å². The summed E-state index contributed by atoms with van der Waals surface area (Å²) in [5.74, 6) is -5.64. The standard InChI is InChI=1S/C35H62Cl2P2/c1-28(2)27-35(38(36,29-15-3-4-16-29,30-17-5-6-18-30)31-19-7-8-20-31)39(37,32-21-9-10-22-32,33-23-11-12-24-33)34-25-13-14-26-34/h27,29-35H,3-26H2,1-2H3. The van der Waals surface area contributed by atoms with Crippen molar-refractivity contribution in [1.29, 1.82) is 0 Å². The molecule has 0 amide bonds. The number of halogens is 2. The van der Waals surface area contributed by atoms with Gasteiger partial charge in [-0.05, 0) is 0 Å². The Morgan fingerprint density at radius 3 is 0.769 bits per heavy atom. The Morgan fingerprint density at radius 2 is 0.615 bits per heavy atom. The van der Waals surface area contributed by atoms with Gasteiger partial charge in [0.05, 0.1) is 0 Å². The van der Waals surface area contributed by atoms with E-state index in [9.17, 15) is 22.5 Å². The molecule has 0 radical (unpaired) electrons. The van der Waals surface area contributed by atoms with Crippen molar-refractivity contribution >= 4 is 34.4 Å². The van der Waals surface area contributed by atoms with Gasteiger partial charge < -0.3 is 0 Å². The van der Waals surface area contributed by atoms with Crippen LogP contribution in [0.5, 0.6) is 0 Å². The Hall–Kier alpha value is 1.18. The van der Waals surface area contributed by atoms with Crippen molar-refractivity contribution in [1.82, 2.24) is 0 Å². The SMILES string of the molecule is CC(C)=CC(P(Cl)(C1CCCC1)(C1CCCC1)C1CCCC1)P(Cl)(C1CCCC1)(C1CCCC1)C1CCCC1. The molecule has 4 heteroatoms. The summed E-state index contributed by atoms with van der Waals surface area (Å²) in [7, 11) is 0. The van der Waals surface area contributed by atoms with Gasteiger partial charge >= 0.3 is 253 Å². The van der Waals surface area contributed by atoms with Crippen LogP contribution in [0.1, 0.15) is 168 Å². The van der Waals surface area contributed by atoms with E-state index in [4.69, 9.17) is 0 Å². The van der Waals surface area contributed by atoms with Gasteiger partial charge in [0.2, 0.25) is 0 Å². The summed E-state index contributed by atoms with van der Waals surface area (Å²) in [6, 6.07) is 0. The third-order valence-corrected chi connectivity index (χ3v) is 39.2. The summed E-state index contributed by atoms with van der Waals surface area (Å²) < 4.78 is 0. The van der Waals surface area contributed by atoms with E-state index in [1.54, 1.807) is 5.57 Å². The minimum absolute atomic E-state index is 0.568. The van der Waals surface area contributed by atoms with Gasteiger partial charge in [-0.15, -0.1) is 0 Å². The fraction of sp³-hybridized carbons (Fsp3) is 0.943. The molecule has 0 nitrogen and oxygen atoms in total. The summed E-state index contributed by atoms with van der Waals surface area (Å²) in [4.78, 5) is 0. The Kier molecular flexibility index (Phi) is 8.98. The molecule has 0 unspecified atom stereocenters. The van der Waals surface area contributed by atoms with E-state index in [1.165, 1.54) is 154 Å². The predicted octanol–water partition coefficient (Wildman–Crippen LogP) is 13.3. The van der Waals surface area contributed by atoms with Gasteiger partial charge in [0.1, 0.15) is 0 Å². The summed E-state index contributed by atoms with van der Waals surface area (Å²) >= 11 is 18.9. The molecule has 0 aromatic rings. The molecular weight excluding hydrogens is 553 g/mol. The maximum absolute atomic E-state index is 9.47. The number of allylic oxidation sites excluding steroid dienone is 2. The molecule has 0 aromatic carbocycles. The molecular formula is C35H62Cl2P2. The van der Waals surface area contributed by atoms with E-state index < -0.39 is 11.9 Å². The molecule has 0 atom stereocenters. The van der Waals surface area contributed by atoms with E-state index >= 15 is 0 Å². The average Bonchev–Trinajstić information content (AvgIpc) is 3.80. The second-order valence-corrected chi connectivity index (χ2v) is 31.6. The average molecular weight is 616 g/mol. The number of hydrogen-bond donors (Lipinski definition) is 0. The molecule has 6 saturated carbocycles. The Bertz CT molecular complexity index is 721. The number of hydrogen-bond acceptors (Lipinski definition) is 0. The van der Waals surface area contributed by atoms with Crippen LogP contribution in [0, 0.1) is 0 Å². The normalized spacial score (nSPS) is 30.6. The molecule has 6 aliphatic rings. The monoisotopic (exact) mass is 614 g/mol. The van der Waals surface area contributed by atoms with Crippen molar-refractivity contribution in [3.05, 3.63) is 11.6 Å². The van der Waals surface area contributed by atoms with Crippen LogP contribution in [0.3, 0.4) is 0 Å². The van der Waals surface area contributed by atoms with Gasteiger partial charge in [0, 0.05) is 0 Å². The van der Waals surface area contributed by atoms with Crippen LogP contribution in [0.4, 0.5) is 0 Å². The predicted molar refractivity (Wildman–Crippen MR) is 182 cm³/mol. The zero-order valence-electron chi connectivity index (χ0n) is 25.7. The third kappa shape index (κ3) is 4.38. The van der Waals surface area contributed by atoms with Crippen molar-refractivity contribution in [3.8, 4) is 0 Å². The van der Waals surface area contributed by atoms with Crippen LogP contribution in [-0.4, -0.2) is 39.4 Å². The first-order chi connectivity index (χ1) is 18.8. The third-order valence-electron chi connectivity index (χ3n) is 14.2. The topological polar surface area (TPSA) is 0 Å². The Balaban J connectivity index is 1.71. The molecule has 6 aliphatic carbocycles. The molecule has 6 fully saturated rings. The fourth-order valence-electron chi connectivity index (χ4n) is 12.9. The van der Waals surface area contributed by atoms with Crippen LogP contribution in [-0.2, 0) is 0 Å². The van der Waals surface area contributed by atoms with Gasteiger partial charge in [0.25, 0.3) is 0 Å². The Labute approximate surface area is 252 Å². The first kappa shape index (κ1) is 30.2. The van der Waals surface area contributed by atoms with Crippen molar-refractivity contribution in [2.45, 2.75) is 207 Å². The molecule has 0 saturated heterocycles. The van der Waals surface area contributed by atoms with Gasteiger partial charge in [-0.1, -0.05) is 0 Å². The summed E-state index contributed by atoms with van der Waals surface area (Å²) in [6.45, 7) is 4.89. The van der Waals surface area contributed by atoms with Gasteiger partial charge in [-0.2, -0.15) is 0 Å². The molecule has 0 heterocycles.